The number of benzene rings is 1. The summed E-state index contributed by atoms with van der Waals surface area (Å²) in [5.41, 5.74) is 2.64. The number of amides is 1. The highest BCUT2D eigenvalue weighted by molar-refractivity contribution is 5.79. The lowest BCUT2D eigenvalue weighted by molar-refractivity contribution is -0.138. The predicted molar refractivity (Wildman–Crippen MR) is 93.1 cm³/mol. The van der Waals surface area contributed by atoms with Gasteiger partial charge in [0, 0.05) is 45.1 Å². The van der Waals surface area contributed by atoms with Gasteiger partial charge < -0.3 is 15.0 Å². The molecule has 0 aromatic heterocycles. The van der Waals surface area contributed by atoms with E-state index in [1.165, 1.54) is 11.1 Å². The van der Waals surface area contributed by atoms with Crippen LogP contribution in [0, 0.1) is 5.92 Å². The number of hydrogen-bond donors (Lipinski definition) is 1. The molecule has 1 aromatic carbocycles. The predicted octanol–water partition coefficient (Wildman–Crippen LogP) is 1.27. The summed E-state index contributed by atoms with van der Waals surface area (Å²) >= 11 is 0. The van der Waals surface area contributed by atoms with Crippen LogP contribution >= 0.6 is 0 Å². The molecule has 3 aliphatic heterocycles. The molecule has 1 aromatic rings. The van der Waals surface area contributed by atoms with Crippen molar-refractivity contribution in [1.29, 1.82) is 0 Å². The van der Waals surface area contributed by atoms with Crippen LogP contribution < -0.4 is 10.1 Å². The zero-order chi connectivity index (χ0) is 16.4. The number of ether oxygens (including phenoxy) is 1. The maximum atomic E-state index is 12.6. The molecule has 0 bridgehead atoms. The number of rotatable bonds is 3. The molecule has 2 fully saturated rings. The maximum Gasteiger partial charge on any atom is 0.225 e. The number of fused-ring (bicyclic) bond motifs is 1. The Morgan fingerprint density at radius 3 is 2.75 bits per heavy atom. The van der Waals surface area contributed by atoms with Gasteiger partial charge in [-0.25, -0.2) is 0 Å². The molecule has 1 N–H and O–H groups in total. The average molecular weight is 329 g/mol. The number of carbonyl (C=O) groups is 1. The van der Waals surface area contributed by atoms with Gasteiger partial charge in [-0.1, -0.05) is 12.1 Å². The zero-order valence-corrected chi connectivity index (χ0v) is 14.3. The molecule has 4 rings (SSSR count). The van der Waals surface area contributed by atoms with E-state index in [0.717, 1.165) is 77.4 Å². The summed E-state index contributed by atoms with van der Waals surface area (Å²) < 4.78 is 5.67. The van der Waals surface area contributed by atoms with Crippen LogP contribution in [-0.2, 0) is 17.8 Å². The fraction of sp³-hybridized carbons (Fsp3) is 0.632. The summed E-state index contributed by atoms with van der Waals surface area (Å²) in [5.74, 6) is 1.68. The van der Waals surface area contributed by atoms with Crippen molar-refractivity contribution in [3.63, 3.8) is 0 Å². The summed E-state index contributed by atoms with van der Waals surface area (Å²) in [5, 5.41) is 3.34. The summed E-state index contributed by atoms with van der Waals surface area (Å²) in [7, 11) is 0. The van der Waals surface area contributed by atoms with Crippen molar-refractivity contribution in [2.45, 2.75) is 25.8 Å². The van der Waals surface area contributed by atoms with Crippen molar-refractivity contribution < 1.29 is 9.53 Å². The molecule has 5 heteroatoms. The minimum atomic E-state index is 0.242. The number of carbonyl (C=O) groups excluding carboxylic acids is 1. The van der Waals surface area contributed by atoms with Gasteiger partial charge >= 0.3 is 0 Å². The van der Waals surface area contributed by atoms with E-state index >= 15 is 0 Å². The quantitative estimate of drug-likeness (QED) is 0.907. The van der Waals surface area contributed by atoms with Crippen LogP contribution in [0.5, 0.6) is 5.75 Å². The van der Waals surface area contributed by atoms with Crippen molar-refractivity contribution >= 4 is 5.91 Å². The van der Waals surface area contributed by atoms with Gasteiger partial charge in [-0.2, -0.15) is 0 Å². The van der Waals surface area contributed by atoms with Crippen molar-refractivity contribution in [2.75, 3.05) is 45.9 Å². The molecule has 0 atom stereocenters. The SMILES string of the molecule is O=C(C1CCNCC1)N1CCN(Cc2ccc3c(c2)OCC3)CC1. The normalized spacial score (nSPS) is 22.2. The minimum absolute atomic E-state index is 0.242. The van der Waals surface area contributed by atoms with Crippen LogP contribution in [-0.4, -0.2) is 61.6 Å². The fourth-order valence-electron chi connectivity index (χ4n) is 4.02. The van der Waals surface area contributed by atoms with Crippen molar-refractivity contribution in [3.8, 4) is 5.75 Å². The molecule has 1 amide bonds. The van der Waals surface area contributed by atoms with Crippen molar-refractivity contribution in [1.82, 2.24) is 15.1 Å². The molecule has 0 aliphatic carbocycles. The molecule has 130 valence electrons. The second-order valence-electron chi connectivity index (χ2n) is 7.17. The standard InChI is InChI=1S/C19H27N3O2/c23-19(17-3-6-20-7-4-17)22-10-8-21(9-11-22)14-15-1-2-16-5-12-24-18(16)13-15/h1-2,13,17,20H,3-12,14H2. The zero-order valence-electron chi connectivity index (χ0n) is 14.3. The average Bonchev–Trinajstić information content (AvgIpc) is 3.10. The Bertz CT molecular complexity index is 590. The topological polar surface area (TPSA) is 44.8 Å². The van der Waals surface area contributed by atoms with Crippen LogP contribution in [0.2, 0.25) is 0 Å². The van der Waals surface area contributed by atoms with Gasteiger partial charge in [0.15, 0.2) is 0 Å². The van der Waals surface area contributed by atoms with Crippen LogP contribution in [0.4, 0.5) is 0 Å². The molecule has 24 heavy (non-hydrogen) atoms. The lowest BCUT2D eigenvalue weighted by Gasteiger charge is -2.37. The first kappa shape index (κ1) is 15.9. The highest BCUT2D eigenvalue weighted by Gasteiger charge is 2.28. The third-order valence-electron chi connectivity index (χ3n) is 5.54. The molecule has 5 nitrogen and oxygen atoms in total. The van der Waals surface area contributed by atoms with E-state index in [2.05, 4.69) is 33.3 Å². The Balaban J connectivity index is 1.29. The van der Waals surface area contributed by atoms with Crippen LogP contribution in [0.1, 0.15) is 24.0 Å². The Morgan fingerprint density at radius 1 is 1.17 bits per heavy atom. The number of hydrogen-bond acceptors (Lipinski definition) is 4. The molecule has 3 heterocycles. The molecule has 3 aliphatic rings. The smallest absolute Gasteiger partial charge is 0.225 e. The maximum absolute atomic E-state index is 12.6. The van der Waals surface area contributed by atoms with Gasteiger partial charge in [-0.15, -0.1) is 0 Å². The summed E-state index contributed by atoms with van der Waals surface area (Å²) in [6, 6.07) is 6.61. The monoisotopic (exact) mass is 329 g/mol. The molecule has 0 unspecified atom stereocenters. The first-order chi connectivity index (χ1) is 11.8. The number of nitrogens with zero attached hydrogens (tertiary/aromatic N) is 2. The van der Waals surface area contributed by atoms with E-state index in [1.807, 2.05) is 0 Å². The Labute approximate surface area is 144 Å². The van der Waals surface area contributed by atoms with Crippen LogP contribution in [0.15, 0.2) is 18.2 Å². The van der Waals surface area contributed by atoms with E-state index in [9.17, 15) is 4.79 Å². The third-order valence-corrected chi connectivity index (χ3v) is 5.54. The lowest BCUT2D eigenvalue weighted by atomic mass is 9.96. The van der Waals surface area contributed by atoms with E-state index in [1.54, 1.807) is 0 Å². The van der Waals surface area contributed by atoms with E-state index in [4.69, 9.17) is 4.74 Å². The largest absolute Gasteiger partial charge is 0.493 e. The van der Waals surface area contributed by atoms with Gasteiger partial charge in [-0.05, 0) is 43.1 Å². The fourth-order valence-corrected chi connectivity index (χ4v) is 4.02. The van der Waals surface area contributed by atoms with E-state index in [0.29, 0.717) is 5.91 Å². The highest BCUT2D eigenvalue weighted by atomic mass is 16.5. The van der Waals surface area contributed by atoms with Gasteiger partial charge in [0.1, 0.15) is 5.75 Å². The van der Waals surface area contributed by atoms with Gasteiger partial charge in [0.25, 0.3) is 0 Å². The number of piperazine rings is 1. The van der Waals surface area contributed by atoms with Gasteiger partial charge in [0.05, 0.1) is 6.61 Å². The Morgan fingerprint density at radius 2 is 1.96 bits per heavy atom. The lowest BCUT2D eigenvalue weighted by Crippen LogP contribution is -2.51. The second kappa shape index (κ2) is 7.11. The number of nitrogens with one attached hydrogen (secondary N) is 1. The van der Waals surface area contributed by atoms with Gasteiger partial charge in [-0.3, -0.25) is 9.69 Å². The Kier molecular flexibility index (Phi) is 4.72. The summed E-state index contributed by atoms with van der Waals surface area (Å²) in [4.78, 5) is 17.1. The van der Waals surface area contributed by atoms with Crippen molar-refractivity contribution in [3.05, 3.63) is 29.3 Å². The highest BCUT2D eigenvalue weighted by Crippen LogP contribution is 2.27. The van der Waals surface area contributed by atoms with Crippen LogP contribution in [0.3, 0.4) is 0 Å². The summed E-state index contributed by atoms with van der Waals surface area (Å²) in [6.07, 6.45) is 3.02. The molecular weight excluding hydrogens is 302 g/mol. The van der Waals surface area contributed by atoms with Gasteiger partial charge in [0.2, 0.25) is 5.91 Å². The van der Waals surface area contributed by atoms with E-state index in [-0.39, 0.29) is 5.92 Å². The molecule has 0 radical (unpaired) electrons. The molecular formula is C19H27N3O2. The Hall–Kier alpha value is -1.59. The van der Waals surface area contributed by atoms with E-state index < -0.39 is 0 Å². The first-order valence-corrected chi connectivity index (χ1v) is 9.26. The molecule has 0 spiro atoms. The minimum Gasteiger partial charge on any atom is -0.493 e. The molecule has 2 saturated heterocycles. The van der Waals surface area contributed by atoms with Crippen molar-refractivity contribution in [2.24, 2.45) is 5.92 Å². The second-order valence-corrected chi connectivity index (χ2v) is 7.17. The number of piperidine rings is 1. The molecule has 0 saturated carbocycles. The van der Waals surface area contributed by atoms with Crippen LogP contribution in [0.25, 0.3) is 0 Å². The third kappa shape index (κ3) is 3.42. The first-order valence-electron chi connectivity index (χ1n) is 9.26. The summed E-state index contributed by atoms with van der Waals surface area (Å²) in [6.45, 7) is 7.40.